The summed E-state index contributed by atoms with van der Waals surface area (Å²) in [4.78, 5) is 24.6. The standard InChI is InChI=1S/C17H19N3O2/c1-13-6-3-10-17(18-13)14(2)20-22-11-5-9-15-7-4-8-16(12-21)19-15/h3-4,6-8,10,12H,5,9,11H2,1-2H3. The summed E-state index contributed by atoms with van der Waals surface area (Å²) in [6, 6.07) is 11.2. The Labute approximate surface area is 130 Å². The van der Waals surface area contributed by atoms with Gasteiger partial charge in [-0.2, -0.15) is 0 Å². The Bertz CT molecular complexity index is 668. The number of rotatable bonds is 7. The quantitative estimate of drug-likeness (QED) is 0.341. The zero-order chi connectivity index (χ0) is 15.8. The molecule has 0 bridgehead atoms. The first kappa shape index (κ1) is 15.8. The minimum atomic E-state index is 0.456. The summed E-state index contributed by atoms with van der Waals surface area (Å²) in [5.41, 5.74) is 3.87. The first-order chi connectivity index (χ1) is 10.7. The molecular weight excluding hydrogens is 278 g/mol. The van der Waals surface area contributed by atoms with Crippen LogP contribution < -0.4 is 0 Å². The number of carbonyl (C=O) groups excluding carboxylic acids is 1. The highest BCUT2D eigenvalue weighted by Gasteiger charge is 2.00. The van der Waals surface area contributed by atoms with Crippen LogP contribution in [0.1, 0.15) is 40.9 Å². The van der Waals surface area contributed by atoms with Crippen LogP contribution in [-0.2, 0) is 11.3 Å². The molecule has 5 heteroatoms. The Morgan fingerprint density at radius 3 is 2.82 bits per heavy atom. The lowest BCUT2D eigenvalue weighted by atomic mass is 10.2. The van der Waals surface area contributed by atoms with Crippen molar-refractivity contribution in [2.45, 2.75) is 26.7 Å². The molecule has 2 heterocycles. The second-order valence-electron chi connectivity index (χ2n) is 4.95. The van der Waals surface area contributed by atoms with Gasteiger partial charge in [0.15, 0.2) is 6.29 Å². The van der Waals surface area contributed by atoms with Crippen molar-refractivity contribution in [3.8, 4) is 0 Å². The Morgan fingerprint density at radius 2 is 2.05 bits per heavy atom. The molecule has 0 unspecified atom stereocenters. The van der Waals surface area contributed by atoms with Crippen molar-refractivity contribution in [3.63, 3.8) is 0 Å². The fraction of sp³-hybridized carbons (Fsp3) is 0.294. The van der Waals surface area contributed by atoms with Crippen LogP contribution in [0.25, 0.3) is 0 Å². The molecule has 0 amide bonds. The number of hydrogen-bond acceptors (Lipinski definition) is 5. The number of nitrogens with zero attached hydrogens (tertiary/aromatic N) is 3. The summed E-state index contributed by atoms with van der Waals surface area (Å²) in [6.45, 7) is 4.31. The third kappa shape index (κ3) is 4.77. The molecule has 5 nitrogen and oxygen atoms in total. The fourth-order valence-electron chi connectivity index (χ4n) is 1.95. The van der Waals surface area contributed by atoms with Gasteiger partial charge in [0.2, 0.25) is 0 Å². The summed E-state index contributed by atoms with van der Waals surface area (Å²) >= 11 is 0. The molecule has 0 aliphatic carbocycles. The highest BCUT2D eigenvalue weighted by molar-refractivity contribution is 5.96. The van der Waals surface area contributed by atoms with Gasteiger partial charge in [-0.1, -0.05) is 17.3 Å². The van der Waals surface area contributed by atoms with E-state index in [1.807, 2.05) is 44.2 Å². The van der Waals surface area contributed by atoms with Gasteiger partial charge >= 0.3 is 0 Å². The molecule has 114 valence electrons. The minimum absolute atomic E-state index is 0.456. The average molecular weight is 297 g/mol. The maximum atomic E-state index is 10.7. The van der Waals surface area contributed by atoms with E-state index in [0.717, 1.165) is 41.9 Å². The topological polar surface area (TPSA) is 64.4 Å². The maximum Gasteiger partial charge on any atom is 0.168 e. The smallest absolute Gasteiger partial charge is 0.168 e. The Hall–Kier alpha value is -2.56. The summed E-state index contributed by atoms with van der Waals surface area (Å²) < 4.78 is 0. The molecule has 2 aromatic rings. The number of carbonyl (C=O) groups is 1. The van der Waals surface area contributed by atoms with Crippen molar-refractivity contribution >= 4 is 12.0 Å². The molecule has 0 saturated heterocycles. The highest BCUT2D eigenvalue weighted by Crippen LogP contribution is 2.03. The first-order valence-corrected chi connectivity index (χ1v) is 7.21. The second-order valence-corrected chi connectivity index (χ2v) is 4.95. The Kier molecular flexibility index (Phi) is 5.77. The summed E-state index contributed by atoms with van der Waals surface area (Å²) in [7, 11) is 0. The molecular formula is C17H19N3O2. The van der Waals surface area contributed by atoms with Crippen molar-refractivity contribution in [3.05, 3.63) is 59.2 Å². The van der Waals surface area contributed by atoms with Gasteiger partial charge in [-0.15, -0.1) is 0 Å². The predicted octanol–water partition coefficient (Wildman–Crippen LogP) is 2.97. The van der Waals surface area contributed by atoms with Crippen molar-refractivity contribution in [1.82, 2.24) is 9.97 Å². The van der Waals surface area contributed by atoms with Gasteiger partial charge in [0.05, 0.1) is 5.69 Å². The number of hydrogen-bond donors (Lipinski definition) is 0. The molecule has 0 radical (unpaired) electrons. The van der Waals surface area contributed by atoms with E-state index in [1.165, 1.54) is 0 Å². The molecule has 0 aliphatic heterocycles. The number of pyridine rings is 2. The molecule has 0 aromatic carbocycles. The molecule has 2 aromatic heterocycles. The third-order valence-electron chi connectivity index (χ3n) is 3.08. The maximum absolute atomic E-state index is 10.7. The van der Waals surface area contributed by atoms with Crippen LogP contribution in [0.5, 0.6) is 0 Å². The molecule has 0 spiro atoms. The van der Waals surface area contributed by atoms with E-state index in [0.29, 0.717) is 12.3 Å². The summed E-state index contributed by atoms with van der Waals surface area (Å²) in [6.07, 6.45) is 2.29. The largest absolute Gasteiger partial charge is 0.396 e. The van der Waals surface area contributed by atoms with Crippen molar-refractivity contribution in [2.24, 2.45) is 5.16 Å². The van der Waals surface area contributed by atoms with Crippen LogP contribution in [0.3, 0.4) is 0 Å². The van der Waals surface area contributed by atoms with Gasteiger partial charge in [0, 0.05) is 11.4 Å². The summed E-state index contributed by atoms with van der Waals surface area (Å²) in [5, 5.41) is 4.08. The van der Waals surface area contributed by atoms with Gasteiger partial charge in [0.1, 0.15) is 18.0 Å². The molecule has 0 fully saturated rings. The van der Waals surface area contributed by atoms with E-state index in [9.17, 15) is 4.79 Å². The lowest BCUT2D eigenvalue weighted by molar-refractivity contribution is 0.111. The average Bonchev–Trinajstić information content (AvgIpc) is 2.54. The third-order valence-corrected chi connectivity index (χ3v) is 3.08. The van der Waals surface area contributed by atoms with Crippen molar-refractivity contribution in [1.29, 1.82) is 0 Å². The van der Waals surface area contributed by atoms with Crippen LogP contribution in [0.2, 0.25) is 0 Å². The van der Waals surface area contributed by atoms with Crippen LogP contribution in [0.4, 0.5) is 0 Å². The lowest BCUT2D eigenvalue weighted by Gasteiger charge is -2.03. The second kappa shape index (κ2) is 8.02. The van der Waals surface area contributed by atoms with Gasteiger partial charge in [-0.3, -0.25) is 14.8 Å². The van der Waals surface area contributed by atoms with Gasteiger partial charge in [0.25, 0.3) is 0 Å². The van der Waals surface area contributed by atoms with Gasteiger partial charge in [-0.05, 0) is 51.0 Å². The summed E-state index contributed by atoms with van der Waals surface area (Å²) in [5.74, 6) is 0. The number of oxime groups is 1. The zero-order valence-electron chi connectivity index (χ0n) is 12.8. The molecule has 0 saturated carbocycles. The SMILES string of the molecule is CC(=NOCCCc1cccc(C=O)n1)c1cccc(C)n1. The van der Waals surface area contributed by atoms with Crippen LogP contribution >= 0.6 is 0 Å². The van der Waals surface area contributed by atoms with E-state index in [2.05, 4.69) is 15.1 Å². The molecule has 0 atom stereocenters. The van der Waals surface area contributed by atoms with Gasteiger partial charge in [-0.25, -0.2) is 0 Å². The highest BCUT2D eigenvalue weighted by atomic mass is 16.6. The number of aryl methyl sites for hydroxylation is 2. The van der Waals surface area contributed by atoms with Gasteiger partial charge < -0.3 is 4.84 Å². The van der Waals surface area contributed by atoms with E-state index in [1.54, 1.807) is 6.07 Å². The predicted molar refractivity (Wildman–Crippen MR) is 85.1 cm³/mol. The van der Waals surface area contributed by atoms with Crippen molar-refractivity contribution in [2.75, 3.05) is 6.61 Å². The Morgan fingerprint density at radius 1 is 1.23 bits per heavy atom. The van der Waals surface area contributed by atoms with Crippen LogP contribution in [0, 0.1) is 6.92 Å². The number of aldehydes is 1. The van der Waals surface area contributed by atoms with Crippen molar-refractivity contribution < 1.29 is 9.63 Å². The Balaban J connectivity index is 1.79. The zero-order valence-corrected chi connectivity index (χ0v) is 12.8. The monoisotopic (exact) mass is 297 g/mol. The fourth-order valence-corrected chi connectivity index (χ4v) is 1.95. The first-order valence-electron chi connectivity index (χ1n) is 7.21. The molecule has 22 heavy (non-hydrogen) atoms. The van der Waals surface area contributed by atoms with E-state index in [-0.39, 0.29) is 0 Å². The van der Waals surface area contributed by atoms with E-state index in [4.69, 9.17) is 4.84 Å². The van der Waals surface area contributed by atoms with E-state index < -0.39 is 0 Å². The van der Waals surface area contributed by atoms with Crippen LogP contribution in [-0.4, -0.2) is 28.6 Å². The minimum Gasteiger partial charge on any atom is -0.396 e. The van der Waals surface area contributed by atoms with Crippen LogP contribution in [0.15, 0.2) is 41.6 Å². The normalized spacial score (nSPS) is 11.3. The number of aromatic nitrogens is 2. The lowest BCUT2D eigenvalue weighted by Crippen LogP contribution is -2.02. The molecule has 0 aliphatic rings. The molecule has 0 N–H and O–H groups in total. The molecule has 2 rings (SSSR count). The van der Waals surface area contributed by atoms with E-state index >= 15 is 0 Å².